The number of aliphatic hydroxyl groups is 5. The Balaban J connectivity index is 1.69. The fraction of sp³-hybridized carbons (Fsp3) is 0.440. The van der Waals surface area contributed by atoms with Crippen LogP contribution in [0.15, 0.2) is 48.7 Å². The number of hydrogen-bond acceptors (Lipinski definition) is 6. The van der Waals surface area contributed by atoms with Crippen LogP contribution in [0.1, 0.15) is 34.9 Å². The number of hydrogen-bond donors (Lipinski definition) is 5. The summed E-state index contributed by atoms with van der Waals surface area (Å²) in [4.78, 5) is 0. The molecule has 1 aliphatic rings. The molecule has 7 nitrogen and oxygen atoms in total. The van der Waals surface area contributed by atoms with Crippen molar-refractivity contribution in [2.75, 3.05) is 13.2 Å². The molecular weight excluding hydrogens is 410 g/mol. The number of aryl methyl sites for hydroxylation is 2. The molecule has 2 heterocycles. The van der Waals surface area contributed by atoms with E-state index in [-0.39, 0.29) is 6.61 Å². The molecule has 1 aliphatic heterocycles. The Kier molecular flexibility index (Phi) is 6.95. The molecule has 5 atom stereocenters. The first-order valence-corrected chi connectivity index (χ1v) is 11.0. The summed E-state index contributed by atoms with van der Waals surface area (Å²) in [7, 11) is 0. The van der Waals surface area contributed by atoms with Crippen LogP contribution in [0.2, 0.25) is 0 Å². The smallest absolute Gasteiger partial charge is 0.163 e. The topological polar surface area (TPSA) is 115 Å². The molecule has 0 spiro atoms. The van der Waals surface area contributed by atoms with Crippen molar-refractivity contribution in [1.82, 2.24) is 4.57 Å². The molecule has 0 radical (unpaired) electrons. The lowest BCUT2D eigenvalue weighted by molar-refractivity contribution is -0.250. The summed E-state index contributed by atoms with van der Waals surface area (Å²) >= 11 is 0. The molecule has 0 amide bonds. The van der Waals surface area contributed by atoms with Gasteiger partial charge in [0.2, 0.25) is 0 Å². The van der Waals surface area contributed by atoms with Gasteiger partial charge in [-0.1, -0.05) is 36.4 Å². The number of benzene rings is 2. The summed E-state index contributed by atoms with van der Waals surface area (Å²) in [5.74, 6) is 0. The van der Waals surface area contributed by atoms with Gasteiger partial charge in [-0.2, -0.15) is 0 Å². The van der Waals surface area contributed by atoms with Crippen molar-refractivity contribution in [1.29, 1.82) is 0 Å². The summed E-state index contributed by atoms with van der Waals surface area (Å²) in [5, 5.41) is 50.7. The highest BCUT2D eigenvalue weighted by molar-refractivity contribution is 5.87. The zero-order valence-electron chi connectivity index (χ0n) is 18.1. The van der Waals surface area contributed by atoms with Gasteiger partial charge in [0.1, 0.15) is 24.4 Å². The highest BCUT2D eigenvalue weighted by Crippen LogP contribution is 2.35. The van der Waals surface area contributed by atoms with Crippen molar-refractivity contribution in [3.63, 3.8) is 0 Å². The van der Waals surface area contributed by atoms with Crippen molar-refractivity contribution in [2.45, 2.75) is 56.8 Å². The van der Waals surface area contributed by atoms with Crippen LogP contribution in [0.3, 0.4) is 0 Å². The predicted molar refractivity (Wildman–Crippen MR) is 120 cm³/mol. The lowest BCUT2D eigenvalue weighted by Crippen LogP contribution is -2.56. The van der Waals surface area contributed by atoms with Crippen molar-refractivity contribution >= 4 is 10.9 Å². The van der Waals surface area contributed by atoms with E-state index >= 15 is 0 Å². The lowest BCUT2D eigenvalue weighted by Gasteiger charge is -2.40. The van der Waals surface area contributed by atoms with Crippen LogP contribution in [0, 0.1) is 6.92 Å². The number of rotatable bonds is 7. The van der Waals surface area contributed by atoms with Crippen molar-refractivity contribution in [3.8, 4) is 0 Å². The first kappa shape index (κ1) is 22.9. The standard InChI is InChI=1S/C25H31NO6/c1-15-4-2-6-19-21(15)18(12-17-9-7-16(8-10-17)5-3-11-27)13-26(19)25-24(31)23(30)22(29)20(14-28)32-25/h2,4,6-10,13,20,22-25,27-31H,3,5,11-12,14H2,1H3/t20-,22-,23+,24-,25-/m1/s1. The van der Waals surface area contributed by atoms with Crippen LogP contribution in [0.25, 0.3) is 10.9 Å². The molecule has 172 valence electrons. The van der Waals surface area contributed by atoms with Gasteiger partial charge in [0.05, 0.1) is 12.1 Å². The van der Waals surface area contributed by atoms with Gasteiger partial charge in [-0.3, -0.25) is 0 Å². The van der Waals surface area contributed by atoms with Crippen LogP contribution in [-0.4, -0.2) is 67.7 Å². The average Bonchev–Trinajstić information content (AvgIpc) is 3.16. The van der Waals surface area contributed by atoms with Crippen molar-refractivity contribution in [3.05, 3.63) is 70.9 Å². The fourth-order valence-corrected chi connectivity index (χ4v) is 4.57. The quantitative estimate of drug-likeness (QED) is 0.379. The second kappa shape index (κ2) is 9.70. The van der Waals surface area contributed by atoms with Crippen LogP contribution in [-0.2, 0) is 17.6 Å². The Morgan fingerprint density at radius 2 is 1.62 bits per heavy atom. The van der Waals surface area contributed by atoms with E-state index in [2.05, 4.69) is 24.3 Å². The first-order valence-electron chi connectivity index (χ1n) is 11.0. The van der Waals surface area contributed by atoms with E-state index in [1.165, 1.54) is 5.56 Å². The molecule has 1 aromatic heterocycles. The first-order chi connectivity index (χ1) is 15.4. The SMILES string of the molecule is Cc1cccc2c1c(Cc1ccc(CCCO)cc1)cn2[C@@H]1O[C@H](CO)[C@@H](O)[C@H](O)[C@H]1O. The van der Waals surface area contributed by atoms with E-state index < -0.39 is 37.3 Å². The second-order valence-electron chi connectivity index (χ2n) is 8.57. The number of ether oxygens (including phenoxy) is 1. The minimum atomic E-state index is -1.43. The number of aliphatic hydroxyl groups excluding tert-OH is 5. The average molecular weight is 442 g/mol. The Morgan fingerprint density at radius 1 is 0.906 bits per heavy atom. The van der Waals surface area contributed by atoms with Gasteiger partial charge in [0, 0.05) is 18.2 Å². The van der Waals surface area contributed by atoms with Gasteiger partial charge in [0.25, 0.3) is 0 Å². The maximum atomic E-state index is 10.6. The Bertz CT molecular complexity index is 1040. The number of nitrogens with zero attached hydrogens (tertiary/aromatic N) is 1. The van der Waals surface area contributed by atoms with Gasteiger partial charge in [-0.05, 0) is 54.5 Å². The molecule has 0 bridgehead atoms. The van der Waals surface area contributed by atoms with Crippen LogP contribution >= 0.6 is 0 Å². The van der Waals surface area contributed by atoms with Gasteiger partial charge >= 0.3 is 0 Å². The monoisotopic (exact) mass is 441 g/mol. The maximum absolute atomic E-state index is 10.6. The third-order valence-electron chi connectivity index (χ3n) is 6.33. The van der Waals surface area contributed by atoms with E-state index in [1.807, 2.05) is 31.3 Å². The minimum Gasteiger partial charge on any atom is -0.396 e. The zero-order chi connectivity index (χ0) is 22.8. The molecule has 7 heteroatoms. The molecule has 5 N–H and O–H groups in total. The summed E-state index contributed by atoms with van der Waals surface area (Å²) in [6, 6.07) is 14.2. The highest BCUT2D eigenvalue weighted by atomic mass is 16.6. The van der Waals surface area contributed by atoms with E-state index in [1.54, 1.807) is 4.57 Å². The number of fused-ring (bicyclic) bond motifs is 1. The highest BCUT2D eigenvalue weighted by Gasteiger charge is 2.44. The molecule has 0 unspecified atom stereocenters. The zero-order valence-corrected chi connectivity index (χ0v) is 18.1. The molecule has 0 aliphatic carbocycles. The third kappa shape index (κ3) is 4.32. The second-order valence-corrected chi connectivity index (χ2v) is 8.57. The molecule has 1 saturated heterocycles. The van der Waals surface area contributed by atoms with E-state index in [9.17, 15) is 20.4 Å². The molecule has 4 rings (SSSR count). The molecule has 1 fully saturated rings. The largest absolute Gasteiger partial charge is 0.396 e. The fourth-order valence-electron chi connectivity index (χ4n) is 4.57. The normalized spacial score (nSPS) is 26.0. The van der Waals surface area contributed by atoms with Crippen LogP contribution in [0.4, 0.5) is 0 Å². The van der Waals surface area contributed by atoms with Crippen molar-refractivity contribution in [2.24, 2.45) is 0 Å². The minimum absolute atomic E-state index is 0.179. The summed E-state index contributed by atoms with van der Waals surface area (Å²) in [5.41, 5.74) is 5.30. The molecule has 32 heavy (non-hydrogen) atoms. The summed E-state index contributed by atoms with van der Waals surface area (Å²) in [6.07, 6.45) is -1.89. The Hall–Kier alpha value is -2.26. The Labute approximate surface area is 187 Å². The summed E-state index contributed by atoms with van der Waals surface area (Å²) < 4.78 is 7.60. The van der Waals surface area contributed by atoms with Gasteiger partial charge in [0.15, 0.2) is 6.23 Å². The van der Waals surface area contributed by atoms with Crippen molar-refractivity contribution < 1.29 is 30.3 Å². The van der Waals surface area contributed by atoms with Crippen LogP contribution < -0.4 is 0 Å². The van der Waals surface area contributed by atoms with E-state index in [4.69, 9.17) is 9.84 Å². The third-order valence-corrected chi connectivity index (χ3v) is 6.33. The number of aromatic nitrogens is 1. The van der Waals surface area contributed by atoms with Gasteiger partial charge in [-0.15, -0.1) is 0 Å². The molecule has 0 saturated carbocycles. The predicted octanol–water partition coefficient (Wildman–Crippen LogP) is 1.44. The van der Waals surface area contributed by atoms with E-state index in [0.29, 0.717) is 6.42 Å². The molecular formula is C25H31NO6. The molecule has 3 aromatic rings. The summed E-state index contributed by atoms with van der Waals surface area (Å²) in [6.45, 7) is 1.75. The van der Waals surface area contributed by atoms with Crippen LogP contribution in [0.5, 0.6) is 0 Å². The van der Waals surface area contributed by atoms with Gasteiger partial charge < -0.3 is 34.8 Å². The van der Waals surface area contributed by atoms with Gasteiger partial charge in [-0.25, -0.2) is 0 Å². The Morgan fingerprint density at radius 3 is 2.31 bits per heavy atom. The maximum Gasteiger partial charge on any atom is 0.163 e. The van der Waals surface area contributed by atoms with E-state index in [0.717, 1.165) is 40.4 Å². The molecule has 2 aromatic carbocycles. The lowest BCUT2D eigenvalue weighted by atomic mass is 9.98.